The van der Waals surface area contributed by atoms with Crippen LogP contribution in [0, 0.1) is 18.8 Å². The van der Waals surface area contributed by atoms with E-state index in [0.29, 0.717) is 5.92 Å². The zero-order valence-electron chi connectivity index (χ0n) is 10.3. The second-order valence-electron chi connectivity index (χ2n) is 5.26. The molecule has 3 unspecified atom stereocenters. The first kappa shape index (κ1) is 11.6. The van der Waals surface area contributed by atoms with E-state index in [4.69, 9.17) is 5.73 Å². The monoisotopic (exact) mass is 218 g/mol. The lowest BCUT2D eigenvalue weighted by molar-refractivity contribution is 0.245. The Morgan fingerprint density at radius 3 is 2.94 bits per heavy atom. The van der Waals surface area contributed by atoms with Crippen LogP contribution in [0.25, 0.3) is 0 Å². The lowest BCUT2D eigenvalue weighted by atomic mass is 9.77. The molecule has 1 aliphatic carbocycles. The largest absolute Gasteiger partial charge is 0.322 e. The minimum Gasteiger partial charge on any atom is -0.322 e. The van der Waals surface area contributed by atoms with E-state index in [2.05, 4.69) is 24.9 Å². The van der Waals surface area contributed by atoms with E-state index in [0.717, 1.165) is 11.6 Å². The molecule has 16 heavy (non-hydrogen) atoms. The molecule has 2 heteroatoms. The van der Waals surface area contributed by atoms with Crippen LogP contribution in [0.4, 0.5) is 0 Å². The van der Waals surface area contributed by atoms with Gasteiger partial charge in [-0.3, -0.25) is 4.98 Å². The Hall–Kier alpha value is -0.890. The van der Waals surface area contributed by atoms with Crippen LogP contribution in [0.5, 0.6) is 0 Å². The molecule has 0 radical (unpaired) electrons. The van der Waals surface area contributed by atoms with Crippen molar-refractivity contribution in [2.75, 3.05) is 0 Å². The molecule has 1 heterocycles. The van der Waals surface area contributed by atoms with Crippen LogP contribution >= 0.6 is 0 Å². The Labute approximate surface area is 98.3 Å². The molecule has 1 aliphatic rings. The summed E-state index contributed by atoms with van der Waals surface area (Å²) in [5.74, 6) is 1.45. The van der Waals surface area contributed by atoms with Crippen molar-refractivity contribution in [2.24, 2.45) is 17.6 Å². The first-order valence-corrected chi connectivity index (χ1v) is 6.35. The number of hydrogen-bond acceptors (Lipinski definition) is 2. The molecular formula is C14H22N2. The highest BCUT2D eigenvalue weighted by Gasteiger charge is 2.26. The SMILES string of the molecule is Cc1cccnc1C(N)C1CCCC(C)C1. The van der Waals surface area contributed by atoms with Gasteiger partial charge in [-0.05, 0) is 43.2 Å². The van der Waals surface area contributed by atoms with E-state index < -0.39 is 0 Å². The van der Waals surface area contributed by atoms with Crippen molar-refractivity contribution < 1.29 is 0 Å². The summed E-state index contributed by atoms with van der Waals surface area (Å²) in [6, 6.07) is 4.22. The Bertz CT molecular complexity index is 348. The van der Waals surface area contributed by atoms with E-state index in [-0.39, 0.29) is 6.04 Å². The summed E-state index contributed by atoms with van der Waals surface area (Å²) in [7, 11) is 0. The Morgan fingerprint density at radius 2 is 2.25 bits per heavy atom. The average Bonchev–Trinajstić information content (AvgIpc) is 2.29. The van der Waals surface area contributed by atoms with Crippen LogP contribution in [0.15, 0.2) is 18.3 Å². The minimum absolute atomic E-state index is 0.129. The summed E-state index contributed by atoms with van der Waals surface area (Å²) in [5, 5.41) is 0. The van der Waals surface area contributed by atoms with Gasteiger partial charge in [-0.15, -0.1) is 0 Å². The number of aryl methyl sites for hydroxylation is 1. The molecule has 3 atom stereocenters. The highest BCUT2D eigenvalue weighted by molar-refractivity contribution is 5.21. The summed E-state index contributed by atoms with van der Waals surface area (Å²) < 4.78 is 0. The van der Waals surface area contributed by atoms with Crippen molar-refractivity contribution in [1.82, 2.24) is 4.98 Å². The highest BCUT2D eigenvalue weighted by atomic mass is 14.8. The fraction of sp³-hybridized carbons (Fsp3) is 0.643. The maximum atomic E-state index is 6.37. The lowest BCUT2D eigenvalue weighted by Gasteiger charge is -2.31. The Morgan fingerprint density at radius 1 is 1.44 bits per heavy atom. The third-order valence-corrected chi connectivity index (χ3v) is 3.85. The van der Waals surface area contributed by atoms with Crippen molar-refractivity contribution in [2.45, 2.75) is 45.6 Å². The first-order chi connectivity index (χ1) is 7.68. The van der Waals surface area contributed by atoms with Gasteiger partial charge in [-0.1, -0.05) is 25.8 Å². The van der Waals surface area contributed by atoms with Gasteiger partial charge in [0, 0.05) is 6.20 Å². The molecule has 0 amide bonds. The molecule has 1 aromatic heterocycles. The smallest absolute Gasteiger partial charge is 0.0602 e. The molecule has 0 aromatic carbocycles. The van der Waals surface area contributed by atoms with Gasteiger partial charge in [0.1, 0.15) is 0 Å². The number of aromatic nitrogens is 1. The molecule has 0 spiro atoms. The standard InChI is InChI=1S/C14H22N2/c1-10-5-3-7-12(9-10)13(15)14-11(2)6-4-8-16-14/h4,6,8,10,12-13H,3,5,7,9,15H2,1-2H3. The predicted octanol–water partition coefficient (Wildman–Crippen LogP) is 3.22. The first-order valence-electron chi connectivity index (χ1n) is 6.35. The molecule has 0 bridgehead atoms. The molecule has 1 aromatic rings. The number of hydrogen-bond donors (Lipinski definition) is 1. The third kappa shape index (κ3) is 2.43. The Kier molecular flexibility index (Phi) is 3.59. The summed E-state index contributed by atoms with van der Waals surface area (Å²) >= 11 is 0. The highest BCUT2D eigenvalue weighted by Crippen LogP contribution is 2.35. The van der Waals surface area contributed by atoms with E-state index in [1.165, 1.54) is 31.2 Å². The van der Waals surface area contributed by atoms with Gasteiger partial charge in [0.15, 0.2) is 0 Å². The van der Waals surface area contributed by atoms with Gasteiger partial charge < -0.3 is 5.73 Å². The molecule has 2 N–H and O–H groups in total. The topological polar surface area (TPSA) is 38.9 Å². The van der Waals surface area contributed by atoms with Gasteiger partial charge in [0.05, 0.1) is 11.7 Å². The maximum absolute atomic E-state index is 6.37. The summed E-state index contributed by atoms with van der Waals surface area (Å²) in [6.07, 6.45) is 7.07. The maximum Gasteiger partial charge on any atom is 0.0602 e. The van der Waals surface area contributed by atoms with Crippen molar-refractivity contribution in [1.29, 1.82) is 0 Å². The molecule has 2 nitrogen and oxygen atoms in total. The van der Waals surface area contributed by atoms with Crippen LogP contribution in [0.3, 0.4) is 0 Å². The molecule has 1 saturated carbocycles. The average molecular weight is 218 g/mol. The predicted molar refractivity (Wildman–Crippen MR) is 67.0 cm³/mol. The van der Waals surface area contributed by atoms with Gasteiger partial charge in [-0.25, -0.2) is 0 Å². The van der Waals surface area contributed by atoms with Crippen LogP contribution in [-0.4, -0.2) is 4.98 Å². The number of nitrogens with zero attached hydrogens (tertiary/aromatic N) is 1. The normalized spacial score (nSPS) is 27.7. The number of rotatable bonds is 2. The van der Waals surface area contributed by atoms with E-state index in [1.54, 1.807) is 0 Å². The Balaban J connectivity index is 2.12. The summed E-state index contributed by atoms with van der Waals surface area (Å²) in [4.78, 5) is 4.45. The molecule has 88 valence electrons. The van der Waals surface area contributed by atoms with Crippen LogP contribution in [0.1, 0.15) is 49.9 Å². The van der Waals surface area contributed by atoms with Crippen molar-refractivity contribution >= 4 is 0 Å². The summed E-state index contributed by atoms with van der Waals surface area (Å²) in [6.45, 7) is 4.44. The van der Waals surface area contributed by atoms with Crippen molar-refractivity contribution in [3.63, 3.8) is 0 Å². The molecule has 0 saturated heterocycles. The third-order valence-electron chi connectivity index (χ3n) is 3.85. The fourth-order valence-corrected chi connectivity index (χ4v) is 2.88. The zero-order chi connectivity index (χ0) is 11.5. The number of pyridine rings is 1. The van der Waals surface area contributed by atoms with E-state index >= 15 is 0 Å². The molecular weight excluding hydrogens is 196 g/mol. The minimum atomic E-state index is 0.129. The lowest BCUT2D eigenvalue weighted by Crippen LogP contribution is -2.27. The second kappa shape index (κ2) is 4.96. The van der Waals surface area contributed by atoms with E-state index in [9.17, 15) is 0 Å². The van der Waals surface area contributed by atoms with Crippen LogP contribution < -0.4 is 5.73 Å². The van der Waals surface area contributed by atoms with Gasteiger partial charge in [0.25, 0.3) is 0 Å². The van der Waals surface area contributed by atoms with E-state index in [1.807, 2.05) is 12.3 Å². The van der Waals surface area contributed by atoms with Gasteiger partial charge >= 0.3 is 0 Å². The summed E-state index contributed by atoms with van der Waals surface area (Å²) in [5.41, 5.74) is 8.70. The quantitative estimate of drug-likeness (QED) is 0.827. The molecule has 0 aliphatic heterocycles. The second-order valence-corrected chi connectivity index (χ2v) is 5.26. The van der Waals surface area contributed by atoms with Crippen molar-refractivity contribution in [3.05, 3.63) is 29.6 Å². The van der Waals surface area contributed by atoms with Crippen LogP contribution in [-0.2, 0) is 0 Å². The van der Waals surface area contributed by atoms with Crippen LogP contribution in [0.2, 0.25) is 0 Å². The van der Waals surface area contributed by atoms with Crippen molar-refractivity contribution in [3.8, 4) is 0 Å². The molecule has 2 rings (SSSR count). The van der Waals surface area contributed by atoms with Gasteiger partial charge in [0.2, 0.25) is 0 Å². The zero-order valence-corrected chi connectivity index (χ0v) is 10.3. The number of nitrogens with two attached hydrogens (primary N) is 1. The molecule has 1 fully saturated rings. The fourth-order valence-electron chi connectivity index (χ4n) is 2.88. The van der Waals surface area contributed by atoms with Gasteiger partial charge in [-0.2, -0.15) is 0 Å².